The molecule has 5 heteroatoms. The van der Waals surface area contributed by atoms with E-state index in [1.807, 2.05) is 20.8 Å². The zero-order valence-corrected chi connectivity index (χ0v) is 14.1. The molecule has 5 nitrogen and oxygen atoms in total. The number of rotatable bonds is 9. The molecular formula is C15H34N2O3. The maximum Gasteiger partial charge on any atom is 0.146 e. The minimum Gasteiger partial charge on any atom is -0.393 e. The average Bonchev–Trinajstić information content (AvgIpc) is 2.25. The van der Waals surface area contributed by atoms with Crippen LogP contribution in [0.3, 0.4) is 0 Å². The van der Waals surface area contributed by atoms with Crippen LogP contribution in [0.25, 0.3) is 0 Å². The molecule has 0 saturated heterocycles. The summed E-state index contributed by atoms with van der Waals surface area (Å²) in [5.41, 5.74) is 2.54. The van der Waals surface area contributed by atoms with Gasteiger partial charge in [-0.25, -0.2) is 5.01 Å². The molecule has 0 spiro atoms. The summed E-state index contributed by atoms with van der Waals surface area (Å²) in [6.45, 7) is 11.8. The van der Waals surface area contributed by atoms with Crippen LogP contribution in [0.4, 0.5) is 0 Å². The fraction of sp³-hybridized carbons (Fsp3) is 1.00. The van der Waals surface area contributed by atoms with Crippen molar-refractivity contribution in [2.24, 2.45) is 11.3 Å². The van der Waals surface area contributed by atoms with Crippen LogP contribution in [0.15, 0.2) is 0 Å². The first-order valence-corrected chi connectivity index (χ1v) is 7.52. The average molecular weight is 290 g/mol. The summed E-state index contributed by atoms with van der Waals surface area (Å²) in [5.74, 6) is 0.449. The van der Waals surface area contributed by atoms with E-state index in [1.165, 1.54) is 0 Å². The highest BCUT2D eigenvalue weighted by Gasteiger charge is 2.38. The van der Waals surface area contributed by atoms with E-state index < -0.39 is 18.4 Å². The lowest BCUT2D eigenvalue weighted by Crippen LogP contribution is -2.57. The molecular weight excluding hydrogens is 256 g/mol. The van der Waals surface area contributed by atoms with E-state index in [4.69, 9.17) is 0 Å². The van der Waals surface area contributed by atoms with E-state index in [-0.39, 0.29) is 11.5 Å². The third kappa shape index (κ3) is 6.06. The predicted octanol–water partition coefficient (Wildman–Crippen LogP) is 1.33. The van der Waals surface area contributed by atoms with Crippen molar-refractivity contribution in [3.8, 4) is 0 Å². The third-order valence-electron chi connectivity index (χ3n) is 3.72. The van der Waals surface area contributed by atoms with Gasteiger partial charge in [0.05, 0.1) is 12.2 Å². The Morgan fingerprint density at radius 3 is 1.90 bits per heavy atom. The molecule has 4 unspecified atom stereocenters. The lowest BCUT2D eigenvalue weighted by atomic mass is 9.78. The highest BCUT2D eigenvalue weighted by atomic mass is 16.4. The van der Waals surface area contributed by atoms with E-state index >= 15 is 0 Å². The molecule has 0 aromatic rings. The summed E-state index contributed by atoms with van der Waals surface area (Å²) in [6, 6.07) is -0.0838. The summed E-state index contributed by atoms with van der Waals surface area (Å²) in [5, 5.41) is 32.0. The number of aliphatic hydroxyl groups excluding tert-OH is 3. The Morgan fingerprint density at radius 1 is 1.05 bits per heavy atom. The summed E-state index contributed by atoms with van der Waals surface area (Å²) < 4.78 is 0. The van der Waals surface area contributed by atoms with Gasteiger partial charge in [-0.15, -0.1) is 0 Å². The third-order valence-corrected chi connectivity index (χ3v) is 3.72. The van der Waals surface area contributed by atoms with E-state index in [9.17, 15) is 15.3 Å². The number of hydrogen-bond donors (Lipinski definition) is 4. The number of aliphatic hydroxyl groups is 3. The molecule has 0 saturated carbocycles. The predicted molar refractivity (Wildman–Crippen MR) is 81.9 cm³/mol. The Bertz CT molecular complexity index is 268. The second-order valence-corrected chi connectivity index (χ2v) is 7.01. The largest absolute Gasteiger partial charge is 0.393 e. The highest BCUT2D eigenvalue weighted by molar-refractivity contribution is 4.85. The summed E-state index contributed by atoms with van der Waals surface area (Å²) in [7, 11) is 1.71. The molecule has 0 heterocycles. The summed E-state index contributed by atoms with van der Waals surface area (Å²) in [6.07, 6.45) is -0.979. The van der Waals surface area contributed by atoms with Gasteiger partial charge in [0.15, 0.2) is 0 Å². The van der Waals surface area contributed by atoms with Crippen molar-refractivity contribution in [1.82, 2.24) is 10.4 Å². The zero-order valence-electron chi connectivity index (χ0n) is 14.1. The van der Waals surface area contributed by atoms with E-state index in [2.05, 4.69) is 19.3 Å². The maximum atomic E-state index is 10.5. The van der Waals surface area contributed by atoms with Gasteiger partial charge in [0.2, 0.25) is 0 Å². The molecule has 0 aliphatic rings. The van der Waals surface area contributed by atoms with Crippen LogP contribution < -0.4 is 5.43 Å². The van der Waals surface area contributed by atoms with Crippen molar-refractivity contribution in [2.75, 3.05) is 7.05 Å². The van der Waals surface area contributed by atoms with Gasteiger partial charge in [0.25, 0.3) is 0 Å². The smallest absolute Gasteiger partial charge is 0.146 e. The molecule has 0 radical (unpaired) electrons. The fourth-order valence-corrected chi connectivity index (χ4v) is 2.95. The Hall–Kier alpha value is -0.200. The van der Waals surface area contributed by atoms with Crippen LogP contribution in [0, 0.1) is 11.3 Å². The number of hydrazine groups is 1. The van der Waals surface area contributed by atoms with E-state index in [0.717, 1.165) is 6.42 Å². The van der Waals surface area contributed by atoms with Gasteiger partial charge in [0.1, 0.15) is 6.23 Å². The van der Waals surface area contributed by atoms with Gasteiger partial charge in [-0.1, -0.05) is 27.7 Å². The molecule has 122 valence electrons. The lowest BCUT2D eigenvalue weighted by Gasteiger charge is -2.41. The molecule has 0 aliphatic heterocycles. The van der Waals surface area contributed by atoms with Crippen LogP contribution in [0.5, 0.6) is 0 Å². The normalized spacial score (nSPS) is 19.2. The van der Waals surface area contributed by atoms with E-state index in [0.29, 0.717) is 12.3 Å². The van der Waals surface area contributed by atoms with Gasteiger partial charge >= 0.3 is 0 Å². The molecule has 0 aromatic heterocycles. The van der Waals surface area contributed by atoms with Gasteiger partial charge in [0, 0.05) is 6.04 Å². The summed E-state index contributed by atoms with van der Waals surface area (Å²) in [4.78, 5) is 0. The van der Waals surface area contributed by atoms with Crippen molar-refractivity contribution < 1.29 is 15.3 Å². The fourth-order valence-electron chi connectivity index (χ4n) is 2.95. The zero-order chi connectivity index (χ0) is 16.1. The first-order valence-electron chi connectivity index (χ1n) is 7.52. The van der Waals surface area contributed by atoms with Gasteiger partial charge < -0.3 is 15.3 Å². The molecule has 0 aromatic carbocycles. The Balaban J connectivity index is 4.85. The Morgan fingerprint density at radius 2 is 1.55 bits per heavy atom. The number of hydrogen-bond acceptors (Lipinski definition) is 5. The van der Waals surface area contributed by atoms with Crippen LogP contribution in [0.2, 0.25) is 0 Å². The minimum atomic E-state index is -1.01. The van der Waals surface area contributed by atoms with Crippen LogP contribution >= 0.6 is 0 Å². The number of nitrogens with one attached hydrogen (secondary N) is 1. The van der Waals surface area contributed by atoms with Gasteiger partial charge in [-0.2, -0.15) is 0 Å². The lowest BCUT2D eigenvalue weighted by molar-refractivity contribution is -0.159. The van der Waals surface area contributed by atoms with Crippen molar-refractivity contribution >= 4 is 0 Å². The second-order valence-electron chi connectivity index (χ2n) is 7.01. The second kappa shape index (κ2) is 8.29. The Kier molecular flexibility index (Phi) is 8.21. The Labute approximate surface area is 124 Å². The van der Waals surface area contributed by atoms with E-state index in [1.54, 1.807) is 19.0 Å². The summed E-state index contributed by atoms with van der Waals surface area (Å²) >= 11 is 0. The first kappa shape index (κ1) is 19.8. The van der Waals surface area contributed by atoms with Crippen LogP contribution in [-0.2, 0) is 0 Å². The topological polar surface area (TPSA) is 76.0 Å². The molecule has 0 fully saturated rings. The van der Waals surface area contributed by atoms with Crippen molar-refractivity contribution in [3.63, 3.8) is 0 Å². The molecule has 4 atom stereocenters. The highest BCUT2D eigenvalue weighted by Crippen LogP contribution is 2.32. The van der Waals surface area contributed by atoms with Crippen LogP contribution in [0.1, 0.15) is 54.4 Å². The van der Waals surface area contributed by atoms with Crippen molar-refractivity contribution in [2.45, 2.75) is 78.9 Å². The minimum absolute atomic E-state index is 0.0838. The maximum absolute atomic E-state index is 10.5. The molecule has 4 N–H and O–H groups in total. The molecule has 0 aliphatic carbocycles. The standard InChI is InChI=1S/C15H34N2O3/c1-10(2)9-15(5,6)13(19)14(20)17(16-7)11(3)8-12(4)18/h10-14,16,18-20H,8-9H2,1-7H3. The molecule has 0 bridgehead atoms. The monoisotopic (exact) mass is 290 g/mol. The number of nitrogens with zero attached hydrogens (tertiary/aromatic N) is 1. The molecule has 20 heavy (non-hydrogen) atoms. The van der Waals surface area contributed by atoms with Crippen molar-refractivity contribution in [3.05, 3.63) is 0 Å². The quantitative estimate of drug-likeness (QED) is 0.381. The van der Waals surface area contributed by atoms with Crippen LogP contribution in [-0.4, -0.2) is 51.9 Å². The molecule has 0 rings (SSSR count). The van der Waals surface area contributed by atoms with Gasteiger partial charge in [-0.3, -0.25) is 5.43 Å². The SMILES string of the molecule is CNN(C(C)CC(C)O)C(O)C(O)C(C)(C)CC(C)C. The van der Waals surface area contributed by atoms with Crippen molar-refractivity contribution in [1.29, 1.82) is 0 Å². The first-order chi connectivity index (χ1) is 9.02. The van der Waals surface area contributed by atoms with Gasteiger partial charge in [-0.05, 0) is 45.1 Å². The molecule has 0 amide bonds.